The van der Waals surface area contributed by atoms with Crippen molar-refractivity contribution in [2.24, 2.45) is 0 Å². The number of nitrogens with zero attached hydrogens (tertiary/aromatic N) is 4. The van der Waals surface area contributed by atoms with Crippen molar-refractivity contribution in [2.75, 3.05) is 51.9 Å². The topological polar surface area (TPSA) is 79.8 Å². The van der Waals surface area contributed by atoms with Crippen molar-refractivity contribution < 1.29 is 14.3 Å². The fourth-order valence-corrected chi connectivity index (χ4v) is 5.26. The Balaban J connectivity index is 1.24. The summed E-state index contributed by atoms with van der Waals surface area (Å²) >= 11 is 1.37. The molecule has 0 spiro atoms. The van der Waals surface area contributed by atoms with Gasteiger partial charge in [-0.15, -0.1) is 0 Å². The molecule has 2 heterocycles. The lowest BCUT2D eigenvalue weighted by atomic mass is 10.0. The lowest BCUT2D eigenvalue weighted by Crippen LogP contribution is -2.45. The molecule has 2 aromatic carbocycles. The van der Waals surface area contributed by atoms with Gasteiger partial charge in [-0.3, -0.25) is 9.69 Å². The summed E-state index contributed by atoms with van der Waals surface area (Å²) in [6.45, 7) is 4.77. The van der Waals surface area contributed by atoms with Crippen molar-refractivity contribution in [1.29, 1.82) is 0 Å². The number of carbonyl (C=O) groups excluding carboxylic acids is 1. The maximum atomic E-state index is 12.8. The molecule has 0 unspecified atom stereocenters. The van der Waals surface area contributed by atoms with Crippen molar-refractivity contribution in [3.8, 4) is 5.75 Å². The molecule has 0 aliphatic carbocycles. The minimum atomic E-state index is 0.0880. The van der Waals surface area contributed by atoms with Crippen LogP contribution in [-0.4, -0.2) is 73.2 Å². The van der Waals surface area contributed by atoms with E-state index in [4.69, 9.17) is 14.5 Å². The Morgan fingerprint density at radius 2 is 1.86 bits per heavy atom. The number of hydrogen-bond acceptors (Lipinski definition) is 8. The van der Waals surface area contributed by atoms with Gasteiger partial charge in [0, 0.05) is 70.2 Å². The molecule has 37 heavy (non-hydrogen) atoms. The van der Waals surface area contributed by atoms with E-state index >= 15 is 0 Å². The number of methoxy groups -OCH3 is 2. The van der Waals surface area contributed by atoms with Crippen LogP contribution in [0.1, 0.15) is 36.2 Å². The van der Waals surface area contributed by atoms with Gasteiger partial charge in [-0.05, 0) is 36.1 Å². The highest BCUT2D eigenvalue weighted by Crippen LogP contribution is 2.21. The van der Waals surface area contributed by atoms with Crippen molar-refractivity contribution in [1.82, 2.24) is 19.6 Å². The van der Waals surface area contributed by atoms with E-state index in [1.165, 1.54) is 17.1 Å². The highest BCUT2D eigenvalue weighted by molar-refractivity contribution is 7.09. The van der Waals surface area contributed by atoms with E-state index in [-0.39, 0.29) is 11.9 Å². The van der Waals surface area contributed by atoms with E-state index in [9.17, 15) is 4.79 Å². The molecule has 1 fully saturated rings. The Morgan fingerprint density at radius 1 is 1.08 bits per heavy atom. The average molecular weight is 524 g/mol. The lowest BCUT2D eigenvalue weighted by Gasteiger charge is -2.32. The minimum absolute atomic E-state index is 0.0880. The van der Waals surface area contributed by atoms with Crippen molar-refractivity contribution in [3.63, 3.8) is 0 Å². The van der Waals surface area contributed by atoms with E-state index in [0.717, 1.165) is 54.7 Å². The number of aromatic nitrogens is 2. The van der Waals surface area contributed by atoms with Gasteiger partial charge < -0.3 is 19.7 Å². The first kappa shape index (κ1) is 27.0. The highest BCUT2D eigenvalue weighted by Gasteiger charge is 2.21. The van der Waals surface area contributed by atoms with Crippen LogP contribution in [0.5, 0.6) is 5.75 Å². The second-order valence-corrected chi connectivity index (χ2v) is 10.1. The Bertz CT molecular complexity index is 1100. The first-order chi connectivity index (χ1) is 18.1. The quantitative estimate of drug-likeness (QED) is 0.365. The molecular formula is C28H37N5O3S. The highest BCUT2D eigenvalue weighted by atomic mass is 32.1. The van der Waals surface area contributed by atoms with Crippen LogP contribution in [0.4, 0.5) is 5.13 Å². The predicted octanol–water partition coefficient (Wildman–Crippen LogP) is 3.76. The Hall–Kier alpha value is -3.01. The van der Waals surface area contributed by atoms with Gasteiger partial charge >= 0.3 is 0 Å². The zero-order valence-corrected chi connectivity index (χ0v) is 22.6. The van der Waals surface area contributed by atoms with E-state index in [1.807, 2.05) is 30.3 Å². The van der Waals surface area contributed by atoms with Crippen LogP contribution in [0.15, 0.2) is 54.6 Å². The minimum Gasteiger partial charge on any atom is -0.497 e. The monoisotopic (exact) mass is 523 g/mol. The van der Waals surface area contributed by atoms with Crippen molar-refractivity contribution in [2.45, 2.75) is 38.3 Å². The van der Waals surface area contributed by atoms with Crippen LogP contribution in [-0.2, 0) is 22.5 Å². The number of anilines is 1. The van der Waals surface area contributed by atoms with E-state index in [2.05, 4.69) is 43.8 Å². The number of benzene rings is 2. The third kappa shape index (κ3) is 8.52. The summed E-state index contributed by atoms with van der Waals surface area (Å²) in [7, 11) is 3.35. The summed E-state index contributed by atoms with van der Waals surface area (Å²) in [5.41, 5.74) is 2.44. The standard InChI is InChI=1S/C28H37N5O3S/c1-35-18-17-33(28-30-26(31-37-28)20-23-9-6-10-25(19-23)36-2)16-13-27(34)29-24-11-14-32(15-12-24)21-22-7-4-3-5-8-22/h3-10,19,24H,11-18,20-21H2,1-2H3,(H,29,34). The largest absolute Gasteiger partial charge is 0.497 e. The molecule has 0 atom stereocenters. The van der Waals surface area contributed by atoms with Crippen LogP contribution >= 0.6 is 11.5 Å². The number of nitrogens with one attached hydrogen (secondary N) is 1. The van der Waals surface area contributed by atoms with Gasteiger partial charge in [-0.2, -0.15) is 4.37 Å². The predicted molar refractivity (Wildman–Crippen MR) is 147 cm³/mol. The molecule has 0 saturated carbocycles. The molecule has 1 saturated heterocycles. The van der Waals surface area contributed by atoms with Crippen molar-refractivity contribution in [3.05, 3.63) is 71.5 Å². The average Bonchev–Trinajstić information content (AvgIpc) is 3.38. The molecule has 1 aliphatic heterocycles. The number of hydrogen-bond donors (Lipinski definition) is 1. The summed E-state index contributed by atoms with van der Waals surface area (Å²) < 4.78 is 15.2. The molecule has 1 N–H and O–H groups in total. The second kappa shape index (κ2) is 14.1. The second-order valence-electron chi connectivity index (χ2n) is 9.35. The summed E-state index contributed by atoms with van der Waals surface area (Å²) in [6, 6.07) is 18.7. The molecule has 1 aromatic heterocycles. The Kier molecular flexibility index (Phi) is 10.3. The number of likely N-dealkylation sites (tertiary alicyclic amines) is 1. The van der Waals surface area contributed by atoms with Gasteiger partial charge in [0.1, 0.15) is 11.6 Å². The van der Waals surface area contributed by atoms with E-state index in [1.54, 1.807) is 14.2 Å². The molecule has 9 heteroatoms. The molecule has 1 amide bonds. The van der Waals surface area contributed by atoms with Gasteiger partial charge in [0.15, 0.2) is 0 Å². The van der Waals surface area contributed by atoms with Gasteiger partial charge in [-0.25, -0.2) is 4.98 Å². The van der Waals surface area contributed by atoms with Gasteiger partial charge in [0.05, 0.1) is 13.7 Å². The third-order valence-corrected chi connectivity index (χ3v) is 7.41. The first-order valence-corrected chi connectivity index (χ1v) is 13.7. The molecule has 3 aromatic rings. The number of piperidine rings is 1. The summed E-state index contributed by atoms with van der Waals surface area (Å²) in [5.74, 6) is 1.68. The molecule has 0 radical (unpaired) electrons. The van der Waals surface area contributed by atoms with Crippen LogP contribution in [0, 0.1) is 0 Å². The summed E-state index contributed by atoms with van der Waals surface area (Å²) in [6.07, 6.45) is 3.01. The SMILES string of the molecule is COCCN(CCC(=O)NC1CCN(Cc2ccccc2)CC1)c1nc(Cc2cccc(OC)c2)ns1. The summed E-state index contributed by atoms with van der Waals surface area (Å²) in [5, 5.41) is 4.06. The third-order valence-electron chi connectivity index (χ3n) is 6.60. The van der Waals surface area contributed by atoms with E-state index < -0.39 is 0 Å². The van der Waals surface area contributed by atoms with Crippen LogP contribution in [0.3, 0.4) is 0 Å². The van der Waals surface area contributed by atoms with Crippen molar-refractivity contribution >= 4 is 22.6 Å². The Labute approximate surface area is 223 Å². The van der Waals surface area contributed by atoms with Crippen LogP contribution in [0.25, 0.3) is 0 Å². The smallest absolute Gasteiger partial charge is 0.221 e. The van der Waals surface area contributed by atoms with Gasteiger partial charge in [0.25, 0.3) is 0 Å². The molecule has 198 valence electrons. The van der Waals surface area contributed by atoms with E-state index in [0.29, 0.717) is 32.5 Å². The summed E-state index contributed by atoms with van der Waals surface area (Å²) in [4.78, 5) is 22.1. The molecular weight excluding hydrogens is 486 g/mol. The molecule has 8 nitrogen and oxygen atoms in total. The fourth-order valence-electron chi connectivity index (χ4n) is 4.53. The molecule has 0 bridgehead atoms. The fraction of sp³-hybridized carbons (Fsp3) is 0.464. The number of amides is 1. The lowest BCUT2D eigenvalue weighted by molar-refractivity contribution is -0.121. The van der Waals surface area contributed by atoms with Gasteiger partial charge in [-0.1, -0.05) is 42.5 Å². The number of rotatable bonds is 13. The number of ether oxygens (including phenoxy) is 2. The number of carbonyl (C=O) groups is 1. The van der Waals surface area contributed by atoms with Gasteiger partial charge in [0.2, 0.25) is 11.0 Å². The Morgan fingerprint density at radius 3 is 2.62 bits per heavy atom. The maximum Gasteiger partial charge on any atom is 0.221 e. The maximum absolute atomic E-state index is 12.8. The zero-order chi connectivity index (χ0) is 25.9. The molecule has 1 aliphatic rings. The molecule has 4 rings (SSSR count). The first-order valence-electron chi connectivity index (χ1n) is 12.9. The normalized spacial score (nSPS) is 14.4. The zero-order valence-electron chi connectivity index (χ0n) is 21.8. The van der Waals surface area contributed by atoms with Crippen LogP contribution in [0.2, 0.25) is 0 Å². The van der Waals surface area contributed by atoms with Crippen LogP contribution < -0.4 is 15.0 Å².